The third-order valence-electron chi connectivity index (χ3n) is 4.49. The second-order valence-corrected chi connectivity index (χ2v) is 8.30. The van der Waals surface area contributed by atoms with Crippen molar-refractivity contribution in [2.75, 3.05) is 0 Å². The minimum absolute atomic E-state index is 0. The smallest absolute Gasteiger partial charge is 0.179 e. The van der Waals surface area contributed by atoms with E-state index in [0.717, 1.165) is 6.42 Å². The Hall–Kier alpha value is -0.963. The Balaban J connectivity index is 0.00000176. The summed E-state index contributed by atoms with van der Waals surface area (Å²) >= 11 is 0. The average Bonchev–Trinajstić information content (AvgIpc) is 2.73. The van der Waals surface area contributed by atoms with Crippen LogP contribution in [0.5, 0.6) is 0 Å². The molecule has 22 heavy (non-hydrogen) atoms. The van der Waals surface area contributed by atoms with Crippen molar-refractivity contribution in [1.29, 1.82) is 0 Å². The van der Waals surface area contributed by atoms with Crippen LogP contribution in [0.15, 0.2) is 30.3 Å². The minimum atomic E-state index is 0. The third-order valence-corrected chi connectivity index (χ3v) is 4.49. The summed E-state index contributed by atoms with van der Waals surface area (Å²) in [6, 6.07) is 14.9. The van der Waals surface area contributed by atoms with Gasteiger partial charge in [-0.25, -0.2) is 0 Å². The summed E-state index contributed by atoms with van der Waals surface area (Å²) in [6.07, 6.45) is 1.03. The van der Waals surface area contributed by atoms with Crippen LogP contribution in [0.2, 0.25) is 0 Å². The summed E-state index contributed by atoms with van der Waals surface area (Å²) in [4.78, 5) is 0. The molecule has 0 radical (unpaired) electrons. The molecule has 0 atom stereocenters. The van der Waals surface area contributed by atoms with Gasteiger partial charge >= 0.3 is 18.9 Å². The molecule has 0 aliphatic heterocycles. The van der Waals surface area contributed by atoms with E-state index in [9.17, 15) is 0 Å². The van der Waals surface area contributed by atoms with Gasteiger partial charge in [0.25, 0.3) is 0 Å². The normalized spacial score (nSPS) is 13.4. The van der Waals surface area contributed by atoms with Crippen LogP contribution in [-0.2, 0) is 17.3 Å². The van der Waals surface area contributed by atoms with Crippen LogP contribution in [0.4, 0.5) is 0 Å². The number of hydrogen-bond acceptors (Lipinski definition) is 0. The van der Waals surface area contributed by atoms with Crippen molar-refractivity contribution < 1.29 is 18.9 Å². The van der Waals surface area contributed by atoms with Gasteiger partial charge in [-0.05, 0) is 23.0 Å². The predicted octanol–water partition coefficient (Wildman–Crippen LogP) is 2.66. The van der Waals surface area contributed by atoms with Crippen LogP contribution >= 0.6 is 0 Å². The van der Waals surface area contributed by atoms with Gasteiger partial charge in [0.1, 0.15) is 0 Å². The molecule has 1 aliphatic rings. The van der Waals surface area contributed by atoms with E-state index >= 15 is 0 Å². The second-order valence-electron chi connectivity index (χ2n) is 8.30. The summed E-state index contributed by atoms with van der Waals surface area (Å²) in [7, 11) is 0. The van der Waals surface area contributed by atoms with Crippen LogP contribution < -0.4 is 18.9 Å². The minimum Gasteiger partial charge on any atom is -0.179 e. The zero-order valence-electron chi connectivity index (χ0n) is 15.1. The first-order valence-electron chi connectivity index (χ1n) is 7.86. The van der Waals surface area contributed by atoms with Crippen LogP contribution in [-0.4, -0.2) is 0 Å². The van der Waals surface area contributed by atoms with E-state index in [1.54, 1.807) is 0 Å². The molecule has 1 aliphatic carbocycles. The predicted molar refractivity (Wildman–Crippen MR) is 90.9 cm³/mol. The van der Waals surface area contributed by atoms with Gasteiger partial charge in [-0.3, -0.25) is 0 Å². The van der Waals surface area contributed by atoms with Crippen molar-refractivity contribution in [3.05, 3.63) is 58.7 Å². The van der Waals surface area contributed by atoms with E-state index in [0.29, 0.717) is 0 Å². The van der Waals surface area contributed by atoms with Gasteiger partial charge in [-0.2, -0.15) is 29.3 Å². The van der Waals surface area contributed by atoms with Crippen LogP contribution in [0, 0.1) is 6.07 Å². The Morgan fingerprint density at radius 2 is 1.64 bits per heavy atom. The second kappa shape index (κ2) is 5.59. The molecule has 1 heteroatoms. The molecule has 2 aromatic rings. The molecule has 0 unspecified atom stereocenters. The van der Waals surface area contributed by atoms with Gasteiger partial charge in [0.05, 0.1) is 0 Å². The molecule has 0 saturated heterocycles. The van der Waals surface area contributed by atoms with Gasteiger partial charge in [-0.1, -0.05) is 70.7 Å². The van der Waals surface area contributed by atoms with Crippen molar-refractivity contribution in [1.82, 2.24) is 0 Å². The summed E-state index contributed by atoms with van der Waals surface area (Å²) in [5.74, 6) is 0. The zero-order valence-corrected chi connectivity index (χ0v) is 15.1. The molecule has 3 rings (SSSR count). The Morgan fingerprint density at radius 1 is 0.955 bits per heavy atom. The van der Waals surface area contributed by atoms with Crippen molar-refractivity contribution >= 4 is 0 Å². The average molecular weight is 284 g/mol. The molecule has 110 valence electrons. The van der Waals surface area contributed by atoms with Crippen molar-refractivity contribution in [3.8, 4) is 11.1 Å². The molecule has 0 spiro atoms. The maximum Gasteiger partial charge on any atom is 1.00 e. The molecule has 0 bridgehead atoms. The summed E-state index contributed by atoms with van der Waals surface area (Å²) in [5.41, 5.74) is 8.85. The summed E-state index contributed by atoms with van der Waals surface area (Å²) in [5, 5.41) is 0. The van der Waals surface area contributed by atoms with E-state index in [4.69, 9.17) is 0 Å². The quantitative estimate of drug-likeness (QED) is 0.440. The van der Waals surface area contributed by atoms with Gasteiger partial charge in [0.15, 0.2) is 0 Å². The van der Waals surface area contributed by atoms with Gasteiger partial charge in [0, 0.05) is 0 Å². The number of fused-ring (bicyclic) bond motifs is 3. The molecule has 0 amide bonds. The SMILES string of the molecule is CC(C)(C)c1c[c-]c2c(c1)-c1c(cccc1C(C)(C)C)C2.[Li+]. The largest absolute Gasteiger partial charge is 1.00 e. The Kier molecular flexibility index (Phi) is 4.42. The molecular formula is C21H25Li. The van der Waals surface area contributed by atoms with Gasteiger partial charge in [-0.15, -0.1) is 5.56 Å². The molecule has 2 aromatic carbocycles. The maximum atomic E-state index is 3.55. The van der Waals surface area contributed by atoms with Gasteiger partial charge in [0.2, 0.25) is 0 Å². The summed E-state index contributed by atoms with van der Waals surface area (Å²) in [6.45, 7) is 13.7. The molecule has 0 nitrogen and oxygen atoms in total. The Labute approximate surface area is 147 Å². The van der Waals surface area contributed by atoms with Crippen molar-refractivity contribution in [2.24, 2.45) is 0 Å². The molecule has 0 saturated carbocycles. The topological polar surface area (TPSA) is 0 Å². The van der Waals surface area contributed by atoms with E-state index in [2.05, 4.69) is 77.9 Å². The molecule has 0 N–H and O–H groups in total. The fraction of sp³-hybridized carbons (Fsp3) is 0.429. The van der Waals surface area contributed by atoms with E-state index in [-0.39, 0.29) is 29.7 Å². The third kappa shape index (κ3) is 2.92. The van der Waals surface area contributed by atoms with Crippen molar-refractivity contribution in [2.45, 2.75) is 58.8 Å². The number of rotatable bonds is 0. The van der Waals surface area contributed by atoms with Crippen LogP contribution in [0.3, 0.4) is 0 Å². The molecule has 0 aromatic heterocycles. The molecule has 0 heterocycles. The Morgan fingerprint density at radius 3 is 2.23 bits per heavy atom. The van der Waals surface area contributed by atoms with E-state index in [1.165, 1.54) is 33.4 Å². The fourth-order valence-electron chi connectivity index (χ4n) is 3.21. The van der Waals surface area contributed by atoms with Crippen molar-refractivity contribution in [3.63, 3.8) is 0 Å². The molecule has 0 fully saturated rings. The first-order chi connectivity index (χ1) is 9.68. The number of hydrogen-bond donors (Lipinski definition) is 0. The first kappa shape index (κ1) is 17.4. The molecular weight excluding hydrogens is 259 g/mol. The maximum absolute atomic E-state index is 3.55. The summed E-state index contributed by atoms with van der Waals surface area (Å²) < 4.78 is 0. The zero-order chi connectivity index (χ0) is 15.4. The van der Waals surface area contributed by atoms with Crippen LogP contribution in [0.25, 0.3) is 11.1 Å². The first-order valence-corrected chi connectivity index (χ1v) is 7.86. The number of benzene rings is 2. The van der Waals surface area contributed by atoms with Crippen LogP contribution in [0.1, 0.15) is 63.8 Å². The standard InChI is InChI=1S/C21H25.Li/c1-20(2,3)16-11-10-14-12-15-8-7-9-18(21(4,5)6)19(15)17(14)13-16;/h7-9,11,13H,12H2,1-6H3;/q-1;+1. The monoisotopic (exact) mass is 284 g/mol. The fourth-order valence-corrected chi connectivity index (χ4v) is 3.21. The van der Waals surface area contributed by atoms with Gasteiger partial charge < -0.3 is 0 Å². The van der Waals surface area contributed by atoms with E-state index in [1.807, 2.05) is 0 Å². The Bertz CT molecular complexity index is 697. The van der Waals surface area contributed by atoms with E-state index < -0.39 is 0 Å².